The maximum atomic E-state index is 14.4. The number of morpholine rings is 1. The fourth-order valence-electron chi connectivity index (χ4n) is 6.68. The number of carbonyl (C=O) groups is 3. The minimum atomic E-state index is -0.697. The number of aliphatic hydroxyl groups excluding tert-OH is 1. The molecule has 2 amide bonds. The van der Waals surface area contributed by atoms with E-state index in [2.05, 4.69) is 34.0 Å². The minimum Gasteiger partial charge on any atom is -0.465 e. The van der Waals surface area contributed by atoms with E-state index in [0.29, 0.717) is 58.7 Å². The molecule has 1 N–H and O–H groups in total. The average Bonchev–Trinajstić information content (AvgIpc) is 3.54. The van der Waals surface area contributed by atoms with Gasteiger partial charge in [-0.1, -0.05) is 28.1 Å². The SMILES string of the molecule is C=CCCCCOC(=O)[C@H]1[C@H]2C(=O)N(CCCCO)C(C(=O)N(CC=C)CCN3CCOCC3)C23CC(Br)[C@@H]1S3. The van der Waals surface area contributed by atoms with E-state index < -0.39 is 22.6 Å². The Labute approximate surface area is 250 Å². The molecule has 4 saturated heterocycles. The van der Waals surface area contributed by atoms with Crippen LogP contribution in [0, 0.1) is 11.8 Å². The number of halogens is 1. The second kappa shape index (κ2) is 14.7. The summed E-state index contributed by atoms with van der Waals surface area (Å²) in [6.07, 6.45) is 7.87. The van der Waals surface area contributed by atoms with Crippen LogP contribution in [0.3, 0.4) is 0 Å². The summed E-state index contributed by atoms with van der Waals surface area (Å²) >= 11 is 5.44. The lowest BCUT2D eigenvalue weighted by Gasteiger charge is -2.38. The molecule has 40 heavy (non-hydrogen) atoms. The number of esters is 1. The van der Waals surface area contributed by atoms with Crippen molar-refractivity contribution < 1.29 is 29.0 Å². The van der Waals surface area contributed by atoms with Crippen LogP contribution in [-0.2, 0) is 23.9 Å². The summed E-state index contributed by atoms with van der Waals surface area (Å²) in [7, 11) is 0. The second-order valence-corrected chi connectivity index (χ2v) is 13.8. The molecular formula is C29H44BrN3O6S. The predicted molar refractivity (Wildman–Crippen MR) is 159 cm³/mol. The first kappa shape index (κ1) is 31.5. The molecule has 0 aliphatic carbocycles. The van der Waals surface area contributed by atoms with Gasteiger partial charge in [0.2, 0.25) is 11.8 Å². The largest absolute Gasteiger partial charge is 0.465 e. The molecule has 0 saturated carbocycles. The van der Waals surface area contributed by atoms with Crippen LogP contribution in [0.25, 0.3) is 0 Å². The fourth-order valence-corrected chi connectivity index (χ4v) is 10.3. The van der Waals surface area contributed by atoms with Crippen molar-refractivity contribution in [1.82, 2.24) is 14.7 Å². The lowest BCUT2D eigenvalue weighted by molar-refractivity contribution is -0.154. The summed E-state index contributed by atoms with van der Waals surface area (Å²) < 4.78 is 10.5. The molecule has 0 radical (unpaired) electrons. The summed E-state index contributed by atoms with van der Waals surface area (Å²) in [6, 6.07) is -0.672. The van der Waals surface area contributed by atoms with Gasteiger partial charge in [0, 0.05) is 56.0 Å². The van der Waals surface area contributed by atoms with E-state index in [1.807, 2.05) is 11.0 Å². The highest BCUT2D eigenvalue weighted by Gasteiger charge is 2.76. The van der Waals surface area contributed by atoms with Gasteiger partial charge < -0.3 is 24.4 Å². The van der Waals surface area contributed by atoms with Crippen LogP contribution >= 0.6 is 27.7 Å². The molecule has 0 aromatic carbocycles. The second-order valence-electron chi connectivity index (χ2n) is 11.1. The number of thioether (sulfide) groups is 1. The number of hydrogen-bond acceptors (Lipinski definition) is 8. The number of likely N-dealkylation sites (tertiary alicyclic amines) is 1. The van der Waals surface area contributed by atoms with Crippen LogP contribution < -0.4 is 0 Å². The van der Waals surface area contributed by atoms with E-state index in [1.54, 1.807) is 22.7 Å². The molecule has 4 aliphatic rings. The summed E-state index contributed by atoms with van der Waals surface area (Å²) in [6.45, 7) is 13.0. The molecule has 1 spiro atoms. The van der Waals surface area contributed by atoms with E-state index >= 15 is 0 Å². The van der Waals surface area contributed by atoms with E-state index in [-0.39, 0.29) is 34.5 Å². The van der Waals surface area contributed by atoms with Crippen LogP contribution in [0.5, 0.6) is 0 Å². The Bertz CT molecular complexity index is 933. The Hall–Kier alpha value is -1.40. The highest BCUT2D eigenvalue weighted by atomic mass is 79.9. The molecule has 4 heterocycles. The molecule has 0 aromatic rings. The number of aliphatic hydroxyl groups is 1. The van der Waals surface area contributed by atoms with Crippen molar-refractivity contribution >= 4 is 45.5 Å². The fraction of sp³-hybridized carbons (Fsp3) is 0.759. The third kappa shape index (κ3) is 6.48. The molecule has 6 atom stereocenters. The third-order valence-corrected chi connectivity index (χ3v) is 11.8. The zero-order chi connectivity index (χ0) is 28.7. The number of allylic oxidation sites excluding steroid dienone is 1. The zero-order valence-corrected chi connectivity index (χ0v) is 25.8. The Morgan fingerprint density at radius 1 is 1.18 bits per heavy atom. The predicted octanol–water partition coefficient (Wildman–Crippen LogP) is 2.47. The van der Waals surface area contributed by atoms with Gasteiger partial charge in [-0.25, -0.2) is 0 Å². The Balaban J connectivity index is 1.57. The van der Waals surface area contributed by atoms with Crippen molar-refractivity contribution in [1.29, 1.82) is 0 Å². The van der Waals surface area contributed by atoms with Gasteiger partial charge in [0.05, 0.1) is 36.4 Å². The number of alkyl halides is 1. The Morgan fingerprint density at radius 3 is 2.65 bits per heavy atom. The highest BCUT2D eigenvalue weighted by Crippen LogP contribution is 2.68. The molecule has 0 aromatic heterocycles. The number of fused-ring (bicyclic) bond motifs is 1. The summed E-state index contributed by atoms with van der Waals surface area (Å²) in [5, 5.41) is 9.28. The number of unbranched alkanes of at least 4 members (excludes halogenated alkanes) is 3. The van der Waals surface area contributed by atoms with E-state index in [4.69, 9.17) is 9.47 Å². The third-order valence-electron chi connectivity index (χ3n) is 8.60. The van der Waals surface area contributed by atoms with Crippen LogP contribution in [-0.4, -0.2) is 124 Å². The zero-order valence-electron chi connectivity index (χ0n) is 23.4. The number of amides is 2. The minimum absolute atomic E-state index is 0.00811. The molecular weight excluding hydrogens is 598 g/mol. The molecule has 4 fully saturated rings. The van der Waals surface area contributed by atoms with Crippen LogP contribution in [0.4, 0.5) is 0 Å². The number of hydrogen-bond donors (Lipinski definition) is 1. The van der Waals surface area contributed by atoms with Crippen molar-refractivity contribution in [2.45, 2.75) is 59.4 Å². The van der Waals surface area contributed by atoms with Crippen LogP contribution in [0.15, 0.2) is 25.3 Å². The summed E-state index contributed by atoms with van der Waals surface area (Å²) in [5.74, 6) is -1.73. The van der Waals surface area contributed by atoms with Crippen LogP contribution in [0.1, 0.15) is 38.5 Å². The first-order valence-electron chi connectivity index (χ1n) is 14.6. The maximum absolute atomic E-state index is 14.4. The van der Waals surface area contributed by atoms with Crippen molar-refractivity contribution in [2.24, 2.45) is 11.8 Å². The van der Waals surface area contributed by atoms with E-state index in [0.717, 1.165) is 38.9 Å². The number of carbonyl (C=O) groups excluding carboxylic acids is 3. The molecule has 4 aliphatic heterocycles. The molecule has 4 rings (SSSR count). The molecule has 224 valence electrons. The standard InChI is InChI=1S/C29H44BrN3O6S/c1-3-5-6-9-17-39-28(37)22-23-26(35)33(11-7-8-16-34)25(29(23)20-21(30)24(22)40-29)27(36)32(10-4-2)13-12-31-14-18-38-19-15-31/h3-4,21-25,34H,1-2,5-20H2/t21?,22-,23-,24-,25?,29?/m0/s1. The highest BCUT2D eigenvalue weighted by molar-refractivity contribution is 9.09. The lowest BCUT2D eigenvalue weighted by Crippen LogP contribution is -2.56. The van der Waals surface area contributed by atoms with Crippen LogP contribution in [0.2, 0.25) is 0 Å². The summed E-state index contributed by atoms with van der Waals surface area (Å²) in [5.41, 5.74) is 0. The van der Waals surface area contributed by atoms with Gasteiger partial charge in [-0.15, -0.1) is 24.9 Å². The summed E-state index contributed by atoms with van der Waals surface area (Å²) in [4.78, 5) is 47.8. The van der Waals surface area contributed by atoms with Gasteiger partial charge in [0.25, 0.3) is 0 Å². The molecule has 3 unspecified atom stereocenters. The Morgan fingerprint density at radius 2 is 1.95 bits per heavy atom. The first-order chi connectivity index (χ1) is 19.4. The van der Waals surface area contributed by atoms with Gasteiger partial charge in [0.15, 0.2) is 0 Å². The molecule has 11 heteroatoms. The van der Waals surface area contributed by atoms with Gasteiger partial charge in [-0.3, -0.25) is 19.3 Å². The van der Waals surface area contributed by atoms with Crippen molar-refractivity contribution in [2.75, 3.05) is 65.7 Å². The number of nitrogens with zero attached hydrogens (tertiary/aromatic N) is 3. The Kier molecular flexibility index (Phi) is 11.6. The molecule has 2 bridgehead atoms. The lowest BCUT2D eigenvalue weighted by atomic mass is 9.71. The quantitative estimate of drug-likeness (QED) is 0.119. The average molecular weight is 643 g/mol. The topological polar surface area (TPSA) is 99.6 Å². The first-order valence-corrected chi connectivity index (χ1v) is 16.4. The molecule has 9 nitrogen and oxygen atoms in total. The normalized spacial score (nSPS) is 31.3. The van der Waals surface area contributed by atoms with Crippen molar-refractivity contribution in [3.63, 3.8) is 0 Å². The van der Waals surface area contributed by atoms with E-state index in [1.165, 1.54) is 0 Å². The number of rotatable bonds is 16. The van der Waals surface area contributed by atoms with Gasteiger partial charge in [-0.05, 0) is 38.5 Å². The monoisotopic (exact) mass is 641 g/mol. The van der Waals surface area contributed by atoms with Gasteiger partial charge in [-0.2, -0.15) is 0 Å². The van der Waals surface area contributed by atoms with E-state index in [9.17, 15) is 19.5 Å². The number of ether oxygens (including phenoxy) is 2. The van der Waals surface area contributed by atoms with Gasteiger partial charge in [0.1, 0.15) is 6.04 Å². The smallest absolute Gasteiger partial charge is 0.310 e. The van der Waals surface area contributed by atoms with Crippen molar-refractivity contribution in [3.8, 4) is 0 Å². The van der Waals surface area contributed by atoms with Crippen molar-refractivity contribution in [3.05, 3.63) is 25.3 Å². The maximum Gasteiger partial charge on any atom is 0.310 e. The van der Waals surface area contributed by atoms with Gasteiger partial charge >= 0.3 is 5.97 Å².